The van der Waals surface area contributed by atoms with Gasteiger partial charge in [-0.15, -0.1) is 16.4 Å². The molecule has 0 aliphatic carbocycles. The Morgan fingerprint density at radius 1 is 1.32 bits per heavy atom. The molecule has 0 saturated heterocycles. The van der Waals surface area contributed by atoms with Crippen molar-refractivity contribution in [3.05, 3.63) is 58.2 Å². The summed E-state index contributed by atoms with van der Waals surface area (Å²) in [5, 5.41) is 12.3. The lowest BCUT2D eigenvalue weighted by molar-refractivity contribution is 0.0947. The first kappa shape index (κ1) is 14.2. The van der Waals surface area contributed by atoms with Gasteiger partial charge >= 0.3 is 0 Å². The molecular weight excluding hydrogens is 305 g/mol. The summed E-state index contributed by atoms with van der Waals surface area (Å²) < 4.78 is 14.2. The van der Waals surface area contributed by atoms with Crippen LogP contribution in [0.15, 0.2) is 41.8 Å². The van der Waals surface area contributed by atoms with E-state index in [0.29, 0.717) is 12.2 Å². The number of benzene rings is 1. The van der Waals surface area contributed by atoms with Gasteiger partial charge in [0.25, 0.3) is 5.91 Å². The van der Waals surface area contributed by atoms with Gasteiger partial charge in [0, 0.05) is 4.88 Å². The summed E-state index contributed by atoms with van der Waals surface area (Å²) in [7, 11) is 0. The molecule has 0 radical (unpaired) electrons. The van der Waals surface area contributed by atoms with Crippen molar-refractivity contribution in [2.24, 2.45) is 0 Å². The summed E-state index contributed by atoms with van der Waals surface area (Å²) in [4.78, 5) is 13.1. The second kappa shape index (κ2) is 5.94. The van der Waals surface area contributed by atoms with Crippen LogP contribution in [-0.4, -0.2) is 20.9 Å². The maximum absolute atomic E-state index is 12.9. The highest BCUT2D eigenvalue weighted by Crippen LogP contribution is 2.16. The Hall–Kier alpha value is -2.74. The SMILES string of the molecule is Nc1c(C(=O)NCc2cccs2)nnn1-c1ccc(F)cc1. The molecule has 0 unspecified atom stereocenters. The third-order valence-corrected chi connectivity index (χ3v) is 3.87. The Morgan fingerprint density at radius 2 is 2.09 bits per heavy atom. The Morgan fingerprint density at radius 3 is 2.77 bits per heavy atom. The van der Waals surface area contributed by atoms with E-state index in [4.69, 9.17) is 5.73 Å². The Balaban J connectivity index is 1.77. The number of rotatable bonds is 4. The fourth-order valence-electron chi connectivity index (χ4n) is 1.89. The van der Waals surface area contributed by atoms with Gasteiger partial charge in [-0.1, -0.05) is 11.3 Å². The number of amides is 1. The molecule has 8 heteroatoms. The van der Waals surface area contributed by atoms with Crippen LogP contribution in [0.2, 0.25) is 0 Å². The molecule has 3 rings (SSSR count). The first-order valence-corrected chi connectivity index (χ1v) is 7.31. The number of nitrogens with one attached hydrogen (secondary N) is 1. The number of hydrogen-bond donors (Lipinski definition) is 2. The monoisotopic (exact) mass is 317 g/mol. The second-order valence-corrected chi connectivity index (χ2v) is 5.51. The van der Waals surface area contributed by atoms with Gasteiger partial charge in [-0.25, -0.2) is 4.39 Å². The highest BCUT2D eigenvalue weighted by molar-refractivity contribution is 7.09. The summed E-state index contributed by atoms with van der Waals surface area (Å²) in [6.45, 7) is 0.402. The molecule has 0 aliphatic rings. The number of nitrogens with zero attached hydrogens (tertiary/aromatic N) is 3. The van der Waals surface area contributed by atoms with Crippen molar-refractivity contribution in [3.8, 4) is 5.69 Å². The third kappa shape index (κ3) is 2.82. The first-order chi connectivity index (χ1) is 10.6. The predicted molar refractivity (Wildman–Crippen MR) is 81.2 cm³/mol. The third-order valence-electron chi connectivity index (χ3n) is 2.99. The lowest BCUT2D eigenvalue weighted by atomic mass is 10.3. The van der Waals surface area contributed by atoms with Crippen LogP contribution in [0.25, 0.3) is 5.69 Å². The summed E-state index contributed by atoms with van der Waals surface area (Å²) in [5.41, 5.74) is 6.48. The van der Waals surface area contributed by atoms with E-state index in [-0.39, 0.29) is 17.3 Å². The predicted octanol–water partition coefficient (Wildman–Crippen LogP) is 1.98. The summed E-state index contributed by atoms with van der Waals surface area (Å²) in [6.07, 6.45) is 0. The van der Waals surface area contributed by atoms with Crippen LogP contribution < -0.4 is 11.1 Å². The van der Waals surface area contributed by atoms with Crippen LogP contribution in [-0.2, 0) is 6.54 Å². The number of carbonyl (C=O) groups is 1. The standard InChI is InChI=1S/C14H12FN5OS/c15-9-3-5-10(6-4-9)20-13(16)12(18-19-20)14(21)17-8-11-2-1-7-22-11/h1-7H,8,16H2,(H,17,21). The molecular formula is C14H12FN5OS. The molecule has 22 heavy (non-hydrogen) atoms. The van der Waals surface area contributed by atoms with E-state index in [9.17, 15) is 9.18 Å². The summed E-state index contributed by atoms with van der Waals surface area (Å²) in [6, 6.07) is 9.41. The largest absolute Gasteiger partial charge is 0.382 e. The minimum absolute atomic E-state index is 0.0425. The number of aromatic nitrogens is 3. The van der Waals surface area contributed by atoms with Crippen molar-refractivity contribution in [1.82, 2.24) is 20.3 Å². The van der Waals surface area contributed by atoms with Gasteiger partial charge in [-0.05, 0) is 35.7 Å². The van der Waals surface area contributed by atoms with Crippen molar-refractivity contribution < 1.29 is 9.18 Å². The first-order valence-electron chi connectivity index (χ1n) is 6.43. The lowest BCUT2D eigenvalue weighted by Crippen LogP contribution is -2.23. The zero-order valence-electron chi connectivity index (χ0n) is 11.4. The molecule has 2 aromatic heterocycles. The van der Waals surface area contributed by atoms with E-state index in [2.05, 4.69) is 15.6 Å². The highest BCUT2D eigenvalue weighted by atomic mass is 32.1. The zero-order valence-corrected chi connectivity index (χ0v) is 12.2. The van der Waals surface area contributed by atoms with E-state index in [1.165, 1.54) is 28.9 Å². The smallest absolute Gasteiger partial charge is 0.276 e. The fourth-order valence-corrected chi connectivity index (χ4v) is 2.53. The fraction of sp³-hybridized carbons (Fsp3) is 0.0714. The lowest BCUT2D eigenvalue weighted by Gasteiger charge is -2.04. The molecule has 2 heterocycles. The average molecular weight is 317 g/mol. The van der Waals surface area contributed by atoms with E-state index >= 15 is 0 Å². The average Bonchev–Trinajstić information content (AvgIpc) is 3.15. The maximum atomic E-state index is 12.9. The number of halogens is 1. The molecule has 0 saturated carbocycles. The molecule has 1 aromatic carbocycles. The number of carbonyl (C=O) groups excluding carboxylic acids is 1. The van der Waals surface area contributed by atoms with Crippen molar-refractivity contribution in [3.63, 3.8) is 0 Å². The molecule has 0 aliphatic heterocycles. The van der Waals surface area contributed by atoms with Gasteiger partial charge < -0.3 is 11.1 Å². The van der Waals surface area contributed by atoms with Gasteiger partial charge in [-0.2, -0.15) is 4.68 Å². The summed E-state index contributed by atoms with van der Waals surface area (Å²) >= 11 is 1.54. The number of anilines is 1. The second-order valence-electron chi connectivity index (χ2n) is 4.47. The van der Waals surface area contributed by atoms with Crippen LogP contribution in [0.5, 0.6) is 0 Å². The molecule has 0 atom stereocenters. The van der Waals surface area contributed by atoms with Gasteiger partial charge in [0.05, 0.1) is 12.2 Å². The molecule has 1 amide bonds. The van der Waals surface area contributed by atoms with Crippen LogP contribution in [0, 0.1) is 5.82 Å². The van der Waals surface area contributed by atoms with E-state index in [1.54, 1.807) is 11.3 Å². The number of hydrogen-bond acceptors (Lipinski definition) is 5. The van der Waals surface area contributed by atoms with Crippen molar-refractivity contribution >= 4 is 23.1 Å². The molecule has 6 nitrogen and oxygen atoms in total. The number of thiophene rings is 1. The number of nitrogens with two attached hydrogens (primary N) is 1. The van der Waals surface area contributed by atoms with Gasteiger partial charge in [0.1, 0.15) is 5.82 Å². The Kier molecular flexibility index (Phi) is 3.84. The maximum Gasteiger partial charge on any atom is 0.276 e. The minimum Gasteiger partial charge on any atom is -0.382 e. The van der Waals surface area contributed by atoms with Crippen molar-refractivity contribution in [2.45, 2.75) is 6.54 Å². The minimum atomic E-state index is -0.403. The Labute approximate surface area is 129 Å². The van der Waals surface area contributed by atoms with Gasteiger partial charge in [0.2, 0.25) is 0 Å². The zero-order chi connectivity index (χ0) is 15.5. The van der Waals surface area contributed by atoms with E-state index < -0.39 is 5.91 Å². The topological polar surface area (TPSA) is 85.8 Å². The molecule has 3 aromatic rings. The quantitative estimate of drug-likeness (QED) is 0.770. The van der Waals surface area contributed by atoms with Crippen LogP contribution in [0.3, 0.4) is 0 Å². The van der Waals surface area contributed by atoms with Crippen molar-refractivity contribution in [1.29, 1.82) is 0 Å². The molecule has 0 spiro atoms. The van der Waals surface area contributed by atoms with Gasteiger partial charge in [0.15, 0.2) is 11.5 Å². The Bertz CT molecular complexity index is 782. The van der Waals surface area contributed by atoms with Crippen LogP contribution in [0.1, 0.15) is 15.4 Å². The summed E-state index contributed by atoms with van der Waals surface area (Å²) in [5.74, 6) is -0.661. The van der Waals surface area contributed by atoms with Crippen LogP contribution >= 0.6 is 11.3 Å². The number of nitrogen functional groups attached to an aromatic ring is 1. The van der Waals surface area contributed by atoms with Gasteiger partial charge in [-0.3, -0.25) is 4.79 Å². The van der Waals surface area contributed by atoms with Crippen LogP contribution in [0.4, 0.5) is 10.2 Å². The normalized spacial score (nSPS) is 10.6. The molecule has 0 fully saturated rings. The molecule has 3 N–H and O–H groups in total. The van der Waals surface area contributed by atoms with E-state index in [1.807, 2.05) is 17.5 Å². The molecule has 112 valence electrons. The van der Waals surface area contributed by atoms with Crippen molar-refractivity contribution in [2.75, 3.05) is 5.73 Å². The van der Waals surface area contributed by atoms with E-state index in [0.717, 1.165) is 4.88 Å². The highest BCUT2D eigenvalue weighted by Gasteiger charge is 2.18. The molecule has 0 bridgehead atoms.